The van der Waals surface area contributed by atoms with Crippen molar-refractivity contribution < 1.29 is 12.4 Å². The topological polar surface area (TPSA) is 29.9 Å². The molecule has 0 spiro atoms. The minimum absolute atomic E-state index is 0. The standard InChI is InChI=1S/C13H17N3.ClH/c1-2-5-13(6-3-1)11-14-7-4-9-16-10-8-15-12-16;/h1-3,5-6,8,10,12,14H,4,7,9,11H2;1H/p-1. The molecule has 0 bridgehead atoms. The highest BCUT2D eigenvalue weighted by Gasteiger charge is 1.92. The van der Waals surface area contributed by atoms with Crippen LogP contribution in [0, 0.1) is 0 Å². The average Bonchev–Trinajstić information content (AvgIpc) is 2.83. The molecule has 3 nitrogen and oxygen atoms in total. The predicted octanol–water partition coefficient (Wildman–Crippen LogP) is -0.933. The van der Waals surface area contributed by atoms with Crippen molar-refractivity contribution >= 4 is 0 Å². The van der Waals surface area contributed by atoms with Crippen molar-refractivity contribution in [1.29, 1.82) is 0 Å². The average molecular weight is 251 g/mol. The van der Waals surface area contributed by atoms with E-state index in [0.29, 0.717) is 0 Å². The fourth-order valence-corrected chi connectivity index (χ4v) is 1.63. The molecule has 0 aliphatic carbocycles. The third-order valence-corrected chi connectivity index (χ3v) is 2.50. The van der Waals surface area contributed by atoms with Gasteiger partial charge in [0.2, 0.25) is 0 Å². The van der Waals surface area contributed by atoms with Crippen molar-refractivity contribution in [2.45, 2.75) is 19.5 Å². The second-order valence-electron chi connectivity index (χ2n) is 3.82. The largest absolute Gasteiger partial charge is 1.00 e. The molecule has 1 heterocycles. The van der Waals surface area contributed by atoms with Crippen LogP contribution in [0.2, 0.25) is 0 Å². The first kappa shape index (κ1) is 13.7. The first-order valence-electron chi connectivity index (χ1n) is 5.65. The summed E-state index contributed by atoms with van der Waals surface area (Å²) in [5.41, 5.74) is 1.34. The molecule has 0 radical (unpaired) electrons. The van der Waals surface area contributed by atoms with E-state index in [9.17, 15) is 0 Å². The number of hydrogen-bond donors (Lipinski definition) is 1. The van der Waals surface area contributed by atoms with Crippen molar-refractivity contribution in [2.24, 2.45) is 0 Å². The Morgan fingerprint density at radius 1 is 1.18 bits per heavy atom. The van der Waals surface area contributed by atoms with Crippen molar-refractivity contribution in [3.05, 3.63) is 54.6 Å². The minimum Gasteiger partial charge on any atom is -1.00 e. The Morgan fingerprint density at radius 3 is 2.71 bits per heavy atom. The molecule has 0 aliphatic heterocycles. The Morgan fingerprint density at radius 2 is 2.00 bits per heavy atom. The highest BCUT2D eigenvalue weighted by atomic mass is 35.5. The number of benzene rings is 1. The van der Waals surface area contributed by atoms with Crippen LogP contribution in [-0.4, -0.2) is 16.1 Å². The lowest BCUT2D eigenvalue weighted by Gasteiger charge is -2.05. The quantitative estimate of drug-likeness (QED) is 0.672. The van der Waals surface area contributed by atoms with Gasteiger partial charge in [-0.1, -0.05) is 30.3 Å². The van der Waals surface area contributed by atoms with Crippen molar-refractivity contribution in [3.8, 4) is 0 Å². The summed E-state index contributed by atoms with van der Waals surface area (Å²) in [5.74, 6) is 0. The second-order valence-corrected chi connectivity index (χ2v) is 3.82. The monoisotopic (exact) mass is 250 g/mol. The zero-order valence-corrected chi connectivity index (χ0v) is 10.5. The van der Waals surface area contributed by atoms with Gasteiger partial charge in [0.1, 0.15) is 0 Å². The van der Waals surface area contributed by atoms with Crippen LogP contribution >= 0.6 is 0 Å². The van der Waals surface area contributed by atoms with Crippen LogP contribution in [0.3, 0.4) is 0 Å². The van der Waals surface area contributed by atoms with Crippen molar-refractivity contribution in [1.82, 2.24) is 14.9 Å². The van der Waals surface area contributed by atoms with E-state index in [4.69, 9.17) is 0 Å². The molecule has 2 aromatic rings. The van der Waals surface area contributed by atoms with Crippen molar-refractivity contribution in [3.63, 3.8) is 0 Å². The fourth-order valence-electron chi connectivity index (χ4n) is 1.63. The molecule has 92 valence electrons. The highest BCUT2D eigenvalue weighted by Crippen LogP contribution is 1.97. The van der Waals surface area contributed by atoms with Crippen LogP contribution in [0.4, 0.5) is 0 Å². The van der Waals surface area contributed by atoms with Gasteiger partial charge in [0.15, 0.2) is 0 Å². The zero-order chi connectivity index (χ0) is 11.1. The Balaban J connectivity index is 0.00000144. The number of rotatable bonds is 6. The smallest absolute Gasteiger partial charge is 0.0945 e. The Labute approximate surface area is 108 Å². The molecule has 0 saturated heterocycles. The maximum atomic E-state index is 4.01. The summed E-state index contributed by atoms with van der Waals surface area (Å²) in [6.07, 6.45) is 6.80. The van der Waals surface area contributed by atoms with E-state index >= 15 is 0 Å². The van der Waals surface area contributed by atoms with Gasteiger partial charge in [-0.05, 0) is 18.5 Å². The molecule has 1 aromatic carbocycles. The molecular formula is C13H17ClN3-. The van der Waals surface area contributed by atoms with Gasteiger partial charge in [-0.25, -0.2) is 4.98 Å². The summed E-state index contributed by atoms with van der Waals surface area (Å²) in [6.45, 7) is 3.01. The van der Waals surface area contributed by atoms with E-state index in [0.717, 1.165) is 26.1 Å². The molecule has 0 aliphatic rings. The van der Waals surface area contributed by atoms with E-state index in [-0.39, 0.29) is 12.4 Å². The summed E-state index contributed by atoms with van der Waals surface area (Å²) in [4.78, 5) is 4.01. The van der Waals surface area contributed by atoms with Crippen LogP contribution in [0.1, 0.15) is 12.0 Å². The Bertz CT molecular complexity index is 386. The third-order valence-electron chi connectivity index (χ3n) is 2.50. The van der Waals surface area contributed by atoms with Crippen molar-refractivity contribution in [2.75, 3.05) is 6.54 Å². The third kappa shape index (κ3) is 5.02. The second kappa shape index (κ2) is 7.87. The lowest BCUT2D eigenvalue weighted by atomic mass is 10.2. The van der Waals surface area contributed by atoms with Gasteiger partial charge < -0.3 is 22.3 Å². The van der Waals surface area contributed by atoms with E-state index < -0.39 is 0 Å². The predicted molar refractivity (Wildman–Crippen MR) is 65.0 cm³/mol. The number of halogens is 1. The maximum Gasteiger partial charge on any atom is 0.0945 e. The first-order valence-corrected chi connectivity index (χ1v) is 5.65. The molecule has 0 amide bonds. The van der Waals surface area contributed by atoms with Gasteiger partial charge in [-0.3, -0.25) is 0 Å². The molecule has 2 rings (SSSR count). The van der Waals surface area contributed by atoms with Crippen LogP contribution in [0.15, 0.2) is 49.1 Å². The van der Waals surface area contributed by atoms with E-state index in [1.807, 2.05) is 24.8 Å². The van der Waals surface area contributed by atoms with Crippen LogP contribution < -0.4 is 17.7 Å². The van der Waals surface area contributed by atoms with Gasteiger partial charge in [0.05, 0.1) is 6.33 Å². The van der Waals surface area contributed by atoms with Crippen LogP contribution in [-0.2, 0) is 13.1 Å². The van der Waals surface area contributed by atoms with E-state index in [1.54, 1.807) is 0 Å². The Kier molecular flexibility index (Phi) is 6.37. The molecule has 1 N–H and O–H groups in total. The number of imidazole rings is 1. The van der Waals surface area contributed by atoms with E-state index in [1.165, 1.54) is 5.56 Å². The summed E-state index contributed by atoms with van der Waals surface area (Å²) in [6, 6.07) is 10.5. The highest BCUT2D eigenvalue weighted by molar-refractivity contribution is 5.14. The summed E-state index contributed by atoms with van der Waals surface area (Å²) >= 11 is 0. The van der Waals surface area contributed by atoms with Crippen LogP contribution in [0.25, 0.3) is 0 Å². The first-order chi connectivity index (χ1) is 7.95. The molecule has 0 fully saturated rings. The minimum atomic E-state index is 0. The van der Waals surface area contributed by atoms with Crippen LogP contribution in [0.5, 0.6) is 0 Å². The number of aromatic nitrogens is 2. The summed E-state index contributed by atoms with van der Waals surface area (Å²) < 4.78 is 2.10. The van der Waals surface area contributed by atoms with Gasteiger partial charge in [-0.15, -0.1) is 0 Å². The molecule has 17 heavy (non-hydrogen) atoms. The summed E-state index contributed by atoms with van der Waals surface area (Å²) in [7, 11) is 0. The lowest BCUT2D eigenvalue weighted by molar-refractivity contribution is -0.00000338. The number of aryl methyl sites for hydroxylation is 1. The lowest BCUT2D eigenvalue weighted by Crippen LogP contribution is -3.00. The summed E-state index contributed by atoms with van der Waals surface area (Å²) in [5, 5.41) is 3.43. The van der Waals surface area contributed by atoms with Gasteiger partial charge >= 0.3 is 0 Å². The molecule has 1 aromatic heterocycles. The Hall–Kier alpha value is -1.32. The maximum absolute atomic E-state index is 4.01. The zero-order valence-electron chi connectivity index (χ0n) is 9.72. The molecule has 4 heteroatoms. The normalized spacial score (nSPS) is 9.88. The molecule has 0 atom stereocenters. The van der Waals surface area contributed by atoms with Gasteiger partial charge in [0.25, 0.3) is 0 Å². The number of nitrogens with zero attached hydrogens (tertiary/aromatic N) is 2. The SMILES string of the molecule is [Cl-].c1ccc(CNCCCn2ccnc2)cc1. The van der Waals surface area contributed by atoms with Gasteiger partial charge in [-0.2, -0.15) is 0 Å². The molecule has 0 saturated carbocycles. The van der Waals surface area contributed by atoms with Gasteiger partial charge in [0, 0.05) is 25.5 Å². The number of nitrogens with one attached hydrogen (secondary N) is 1. The number of hydrogen-bond acceptors (Lipinski definition) is 2. The molecule has 0 unspecified atom stereocenters. The molecular weight excluding hydrogens is 234 g/mol. The fraction of sp³-hybridized carbons (Fsp3) is 0.308. The van der Waals surface area contributed by atoms with E-state index in [2.05, 4.69) is 39.1 Å².